The maximum absolute atomic E-state index is 13.9. The average Bonchev–Trinajstić information content (AvgIpc) is 2.64. The molecule has 0 aromatic heterocycles. The molecule has 0 spiro atoms. The molecule has 38 heavy (non-hydrogen) atoms. The van der Waals surface area contributed by atoms with E-state index in [0.29, 0.717) is 0 Å². The monoisotopic (exact) mass is 718 g/mol. The van der Waals surface area contributed by atoms with Crippen LogP contribution in [-0.2, 0) is 0 Å². The molecular weight excluding hydrogens is 720 g/mol. The first-order chi connectivity index (χ1) is 15.8. The van der Waals surface area contributed by atoms with Crippen molar-refractivity contribution in [3.63, 3.8) is 0 Å². The fraction of sp³-hybridized carbons (Fsp3) is 1.00. The minimum atomic E-state index is -9.31. The third-order valence-electron chi connectivity index (χ3n) is 4.26. The predicted octanol–water partition coefficient (Wildman–Crippen LogP) is 9.81. The maximum atomic E-state index is 13.9. The lowest BCUT2D eigenvalue weighted by molar-refractivity contribution is -0.474. The summed E-state index contributed by atoms with van der Waals surface area (Å²) in [6.07, 6.45) is -8.06. The summed E-state index contributed by atoms with van der Waals surface area (Å²) >= 11 is 22.4. The number of halogens is 26. The van der Waals surface area contributed by atoms with E-state index in [1.807, 2.05) is 0 Å². The van der Waals surface area contributed by atoms with Crippen molar-refractivity contribution in [3.05, 3.63) is 0 Å². The third kappa shape index (κ3) is 4.49. The van der Waals surface area contributed by atoms with E-state index in [-0.39, 0.29) is 0 Å². The second-order valence-electron chi connectivity index (χ2n) is 6.74. The van der Waals surface area contributed by atoms with Crippen LogP contribution in [0.3, 0.4) is 0 Å². The number of alkyl halides is 26. The quantitative estimate of drug-likeness (QED) is 0.165. The van der Waals surface area contributed by atoms with Crippen molar-refractivity contribution in [3.8, 4) is 0 Å². The first-order valence-electron chi connectivity index (χ1n) is 7.66. The lowest BCUT2D eigenvalue weighted by Gasteiger charge is -2.46. The van der Waals surface area contributed by atoms with Crippen molar-refractivity contribution < 1.29 is 92.2 Å². The van der Waals surface area contributed by atoms with E-state index in [1.165, 1.54) is 0 Å². The van der Waals surface area contributed by atoms with Crippen molar-refractivity contribution in [1.82, 2.24) is 0 Å². The molecule has 26 heteroatoms. The molecule has 0 aliphatic heterocycles. The fourth-order valence-electron chi connectivity index (χ4n) is 1.93. The Bertz CT molecular complexity index is 810. The highest BCUT2D eigenvalue weighted by Crippen LogP contribution is 2.68. The van der Waals surface area contributed by atoms with E-state index in [2.05, 4.69) is 58.0 Å². The van der Waals surface area contributed by atoms with Gasteiger partial charge in [0, 0.05) is 0 Å². The summed E-state index contributed by atoms with van der Waals surface area (Å²) in [6, 6.07) is 0. The summed E-state index contributed by atoms with van der Waals surface area (Å²) < 4.78 is 269. The van der Waals surface area contributed by atoms with Gasteiger partial charge in [-0.1, -0.05) is 58.0 Å². The van der Waals surface area contributed by atoms with Crippen LogP contribution in [-0.4, -0.2) is 67.6 Å². The molecule has 0 aliphatic carbocycles. The van der Waals surface area contributed by atoms with E-state index < -0.39 is 67.6 Å². The molecule has 0 bridgehead atoms. The second kappa shape index (κ2) is 9.24. The molecule has 0 saturated carbocycles. The molecule has 230 valence electrons. The van der Waals surface area contributed by atoms with Crippen LogP contribution >= 0.6 is 58.0 Å². The Morgan fingerprint density at radius 1 is 0.237 bits per heavy atom. The predicted molar refractivity (Wildman–Crippen MR) is 85.3 cm³/mol. The molecule has 0 saturated heterocycles. The van der Waals surface area contributed by atoms with Crippen LogP contribution in [0.4, 0.5) is 92.2 Å². The zero-order chi connectivity index (χ0) is 32.0. The molecule has 0 heterocycles. The van der Waals surface area contributed by atoms with Crippen LogP contribution in [0, 0.1) is 0 Å². The molecule has 0 N–H and O–H groups in total. The van der Waals surface area contributed by atoms with Gasteiger partial charge in [-0.05, 0) is 0 Å². The average molecular weight is 720 g/mol. The normalized spacial score (nSPS) is 17.2. The Morgan fingerprint density at radius 2 is 0.395 bits per heavy atom. The van der Waals surface area contributed by atoms with Gasteiger partial charge in [0.25, 0.3) is 0 Å². The van der Waals surface area contributed by atoms with Gasteiger partial charge in [-0.3, -0.25) is 0 Å². The van der Waals surface area contributed by atoms with Crippen molar-refractivity contribution in [2.75, 3.05) is 0 Å². The lowest BCUT2D eigenvalue weighted by atomic mass is 9.86. The highest BCUT2D eigenvalue weighted by Gasteiger charge is 2.98. The molecule has 0 atom stereocenters. The molecule has 0 aliphatic rings. The molecule has 0 unspecified atom stereocenters. The standard InChI is InChI=1S/C12Cl5F21/c13-1(14,11(15,16)17)2(18,19)3(20,21)4(22,23)5(24,25)6(26,27)7(28,29)8(30,31)9(32,33)10(34,35)12(36,37)38. The van der Waals surface area contributed by atoms with Gasteiger partial charge in [-0.25, -0.2) is 0 Å². The van der Waals surface area contributed by atoms with Crippen LogP contribution in [0.2, 0.25) is 0 Å². The van der Waals surface area contributed by atoms with E-state index in [9.17, 15) is 92.2 Å². The van der Waals surface area contributed by atoms with Crippen LogP contribution in [0.15, 0.2) is 0 Å². The molecule has 0 amide bonds. The Hall–Kier alpha value is -0.0200. The van der Waals surface area contributed by atoms with Gasteiger partial charge in [0.15, 0.2) is 0 Å². The molecule has 0 aromatic rings. The van der Waals surface area contributed by atoms with Crippen LogP contribution in [0.5, 0.6) is 0 Å². The number of rotatable bonds is 9. The highest BCUT2D eigenvalue weighted by molar-refractivity contribution is 6.75. The van der Waals surface area contributed by atoms with Gasteiger partial charge in [0.05, 0.1) is 0 Å². The van der Waals surface area contributed by atoms with Crippen molar-refractivity contribution >= 4 is 58.0 Å². The third-order valence-corrected chi connectivity index (χ3v) is 6.73. The Morgan fingerprint density at radius 3 is 0.553 bits per heavy atom. The molecule has 0 nitrogen and oxygen atoms in total. The number of hydrogen-bond acceptors (Lipinski definition) is 0. The van der Waals surface area contributed by atoms with Gasteiger partial charge >= 0.3 is 59.5 Å². The summed E-state index contributed by atoms with van der Waals surface area (Å²) in [7, 11) is 0. The molecule has 0 fully saturated rings. The summed E-state index contributed by atoms with van der Waals surface area (Å²) in [4.78, 5) is 0. The first-order valence-corrected chi connectivity index (χ1v) is 9.55. The smallest absolute Gasteiger partial charge is 0.196 e. The molecule has 0 radical (unpaired) electrons. The van der Waals surface area contributed by atoms with Gasteiger partial charge in [0.2, 0.25) is 8.13 Å². The van der Waals surface area contributed by atoms with Crippen molar-refractivity contribution in [2.24, 2.45) is 0 Å². The van der Waals surface area contributed by atoms with Gasteiger partial charge in [-0.15, -0.1) is 0 Å². The Balaban J connectivity index is 7.29. The summed E-state index contributed by atoms with van der Waals surface area (Å²) in [5.74, 6) is -79.3. The fourth-order valence-corrected chi connectivity index (χ4v) is 2.53. The van der Waals surface area contributed by atoms with Crippen LogP contribution in [0.25, 0.3) is 0 Å². The highest BCUT2D eigenvalue weighted by atomic mass is 35.6. The SMILES string of the molecule is FC(F)(F)C(F)(F)C(F)(F)C(F)(F)C(F)(F)C(F)(F)C(F)(F)C(F)(F)C(F)(F)C(F)(F)C(Cl)(Cl)C(Cl)(Cl)Cl. The Kier molecular flexibility index (Phi) is 9.24. The molecular formula is C12Cl5F21. The van der Waals surface area contributed by atoms with Crippen LogP contribution < -0.4 is 0 Å². The van der Waals surface area contributed by atoms with E-state index >= 15 is 0 Å². The largest absolute Gasteiger partial charge is 0.460 e. The number of hydrogen-bond donors (Lipinski definition) is 0. The zero-order valence-corrected chi connectivity index (χ0v) is 19.6. The summed E-state index contributed by atoms with van der Waals surface area (Å²) in [5.41, 5.74) is 0. The minimum absolute atomic E-state index is 4.39. The van der Waals surface area contributed by atoms with Gasteiger partial charge < -0.3 is 0 Å². The van der Waals surface area contributed by atoms with Gasteiger partial charge in [0.1, 0.15) is 0 Å². The second-order valence-corrected chi connectivity index (χ2v) is 10.3. The first kappa shape index (κ1) is 38.0. The zero-order valence-electron chi connectivity index (χ0n) is 15.8. The van der Waals surface area contributed by atoms with E-state index in [4.69, 9.17) is 0 Å². The van der Waals surface area contributed by atoms with E-state index in [0.717, 1.165) is 0 Å². The maximum Gasteiger partial charge on any atom is 0.460 e. The minimum Gasteiger partial charge on any atom is -0.196 e. The topological polar surface area (TPSA) is 0 Å². The van der Waals surface area contributed by atoms with Crippen LogP contribution in [0.1, 0.15) is 0 Å². The summed E-state index contributed by atoms with van der Waals surface area (Å²) in [6.45, 7) is 0. The molecule has 0 rings (SSSR count). The van der Waals surface area contributed by atoms with Crippen molar-refractivity contribution in [2.45, 2.75) is 67.6 Å². The Labute approximate surface area is 218 Å². The summed E-state index contributed by atoms with van der Waals surface area (Å²) in [5, 5.41) is 0. The van der Waals surface area contributed by atoms with Crippen molar-refractivity contribution in [1.29, 1.82) is 0 Å². The molecule has 0 aromatic carbocycles. The van der Waals surface area contributed by atoms with Gasteiger partial charge in [-0.2, -0.15) is 92.2 Å². The van der Waals surface area contributed by atoms with E-state index in [1.54, 1.807) is 0 Å². The lowest BCUT2D eigenvalue weighted by Crippen LogP contribution is -2.78.